The Morgan fingerprint density at radius 3 is 2.45 bits per heavy atom. The molecule has 0 aliphatic heterocycles. The van der Waals surface area contributed by atoms with Crippen LogP contribution in [0.4, 0.5) is 16.5 Å². The lowest BCUT2D eigenvalue weighted by atomic mass is 10.1. The van der Waals surface area contributed by atoms with Gasteiger partial charge in [-0.3, -0.25) is 24.5 Å². The highest BCUT2D eigenvalue weighted by Crippen LogP contribution is 2.32. The lowest BCUT2D eigenvalue weighted by Crippen LogP contribution is -2.30. The minimum Gasteiger partial charge on any atom is -0.497 e. The molecule has 1 unspecified atom stereocenters. The van der Waals surface area contributed by atoms with E-state index in [0.717, 1.165) is 15.1 Å². The number of rotatable bonds is 12. The second-order valence-electron chi connectivity index (χ2n) is 10.1. The molecule has 0 fully saturated rings. The summed E-state index contributed by atoms with van der Waals surface area (Å²) in [6.45, 7) is 1.91. The van der Waals surface area contributed by atoms with Gasteiger partial charge in [0.15, 0.2) is 5.13 Å². The van der Waals surface area contributed by atoms with Gasteiger partial charge in [-0.25, -0.2) is 4.98 Å². The van der Waals surface area contributed by atoms with Gasteiger partial charge in [-0.1, -0.05) is 42.5 Å². The third kappa shape index (κ3) is 8.60. The summed E-state index contributed by atoms with van der Waals surface area (Å²) in [5, 5.41) is 19.5. The molecule has 4 aromatic carbocycles. The number of non-ortho nitro benzene ring substituents is 1. The molecule has 0 saturated carbocycles. The first kappa shape index (κ1) is 32.9. The lowest BCUT2D eigenvalue weighted by Gasteiger charge is -2.15. The van der Waals surface area contributed by atoms with Crippen LogP contribution in [0.25, 0.3) is 16.3 Å². The van der Waals surface area contributed by atoms with Crippen molar-refractivity contribution in [1.82, 2.24) is 10.3 Å². The summed E-state index contributed by atoms with van der Waals surface area (Å²) in [6.07, 6.45) is 1.98. The number of methoxy groups -OCH3 is 1. The van der Waals surface area contributed by atoms with Crippen LogP contribution in [-0.4, -0.2) is 40.0 Å². The van der Waals surface area contributed by atoms with Crippen molar-refractivity contribution in [2.75, 3.05) is 17.7 Å². The minimum atomic E-state index is -0.605. The highest BCUT2D eigenvalue weighted by molar-refractivity contribution is 8.00. The number of amides is 3. The standard InChI is InChI=1S/C34H29N5O6S2/c1-3-29(33(42)38-34-37-27-17-16-25(45-2)20-30(27)47-34)46-26-11-7-10-23(19-26)35-32(41)28(36-31(40)22-8-5-4-6-9-22)18-21-12-14-24(15-13-21)39(43)44/h4-20,29H,3H2,1-2H3,(H,35,41)(H,36,40)(H,37,38,42)/b28-18+. The molecular weight excluding hydrogens is 639 g/mol. The molecule has 0 aliphatic carbocycles. The van der Waals surface area contributed by atoms with E-state index in [-0.39, 0.29) is 17.3 Å². The summed E-state index contributed by atoms with van der Waals surface area (Å²) < 4.78 is 6.17. The molecule has 11 nitrogen and oxygen atoms in total. The first-order valence-corrected chi connectivity index (χ1v) is 16.1. The van der Waals surface area contributed by atoms with Gasteiger partial charge in [0.25, 0.3) is 17.5 Å². The van der Waals surface area contributed by atoms with Gasteiger partial charge >= 0.3 is 0 Å². The largest absolute Gasteiger partial charge is 0.497 e. The van der Waals surface area contributed by atoms with Gasteiger partial charge in [-0.05, 0) is 78.7 Å². The van der Waals surface area contributed by atoms with E-state index in [9.17, 15) is 24.5 Å². The number of thiazole rings is 1. The van der Waals surface area contributed by atoms with Crippen molar-refractivity contribution in [1.29, 1.82) is 0 Å². The normalized spacial score (nSPS) is 11.8. The zero-order valence-electron chi connectivity index (χ0n) is 25.3. The Hall–Kier alpha value is -5.53. The Bertz CT molecular complexity index is 1960. The minimum absolute atomic E-state index is 0.0648. The molecule has 3 amide bonds. The quantitative estimate of drug-likeness (QED) is 0.0550. The van der Waals surface area contributed by atoms with E-state index in [2.05, 4.69) is 20.9 Å². The molecular formula is C34H29N5O6S2. The van der Waals surface area contributed by atoms with Crippen LogP contribution in [-0.2, 0) is 9.59 Å². The van der Waals surface area contributed by atoms with E-state index in [1.54, 1.807) is 55.6 Å². The predicted octanol–water partition coefficient (Wildman–Crippen LogP) is 7.13. The number of carbonyl (C=O) groups excluding carboxylic acids is 3. The van der Waals surface area contributed by atoms with Crippen LogP contribution in [0.2, 0.25) is 0 Å². The second kappa shape index (κ2) is 15.2. The van der Waals surface area contributed by atoms with Crippen LogP contribution in [0.3, 0.4) is 0 Å². The average molecular weight is 668 g/mol. The Balaban J connectivity index is 1.30. The van der Waals surface area contributed by atoms with Gasteiger partial charge in [0.2, 0.25) is 5.91 Å². The molecule has 1 atom stereocenters. The van der Waals surface area contributed by atoms with E-state index >= 15 is 0 Å². The molecule has 47 heavy (non-hydrogen) atoms. The molecule has 3 N–H and O–H groups in total. The van der Waals surface area contributed by atoms with Gasteiger partial charge in [0, 0.05) is 28.3 Å². The third-order valence-electron chi connectivity index (χ3n) is 6.80. The molecule has 0 bridgehead atoms. The summed E-state index contributed by atoms with van der Waals surface area (Å²) in [4.78, 5) is 55.5. The van der Waals surface area contributed by atoms with Crippen molar-refractivity contribution in [3.63, 3.8) is 0 Å². The number of fused-ring (bicyclic) bond motifs is 1. The predicted molar refractivity (Wildman–Crippen MR) is 185 cm³/mol. The number of carbonyl (C=O) groups is 3. The number of hydrogen-bond acceptors (Lipinski definition) is 9. The highest BCUT2D eigenvalue weighted by atomic mass is 32.2. The lowest BCUT2D eigenvalue weighted by molar-refractivity contribution is -0.384. The fraction of sp³-hybridized carbons (Fsp3) is 0.118. The van der Waals surface area contributed by atoms with Crippen LogP contribution in [0.5, 0.6) is 5.75 Å². The van der Waals surface area contributed by atoms with E-state index in [1.807, 2.05) is 31.2 Å². The fourth-order valence-electron chi connectivity index (χ4n) is 4.40. The van der Waals surface area contributed by atoms with Crippen LogP contribution in [0, 0.1) is 10.1 Å². The van der Waals surface area contributed by atoms with Crippen molar-refractivity contribution in [2.45, 2.75) is 23.5 Å². The molecule has 238 valence electrons. The van der Waals surface area contributed by atoms with Crippen molar-refractivity contribution >= 4 is 73.6 Å². The van der Waals surface area contributed by atoms with Gasteiger partial charge in [0.05, 0.1) is 27.5 Å². The van der Waals surface area contributed by atoms with Crippen LogP contribution in [0.15, 0.2) is 108 Å². The topological polar surface area (TPSA) is 153 Å². The smallest absolute Gasteiger partial charge is 0.272 e. The molecule has 5 rings (SSSR count). The zero-order valence-corrected chi connectivity index (χ0v) is 26.9. The summed E-state index contributed by atoms with van der Waals surface area (Å²) in [7, 11) is 1.59. The van der Waals surface area contributed by atoms with Crippen molar-refractivity contribution < 1.29 is 24.0 Å². The molecule has 1 heterocycles. The number of ether oxygens (including phenoxy) is 1. The van der Waals surface area contributed by atoms with Crippen molar-refractivity contribution in [3.05, 3.63) is 124 Å². The van der Waals surface area contributed by atoms with E-state index in [0.29, 0.717) is 34.1 Å². The Labute approximate surface area is 278 Å². The molecule has 0 radical (unpaired) electrons. The molecule has 1 aromatic heterocycles. The number of nitrogens with zero attached hydrogens (tertiary/aromatic N) is 2. The molecule has 0 aliphatic rings. The number of nitrogens with one attached hydrogen (secondary N) is 3. The Morgan fingerprint density at radius 1 is 0.979 bits per heavy atom. The number of anilines is 2. The summed E-state index contributed by atoms with van der Waals surface area (Å²) >= 11 is 2.71. The van der Waals surface area contributed by atoms with Crippen LogP contribution in [0.1, 0.15) is 29.3 Å². The van der Waals surface area contributed by atoms with Crippen LogP contribution >= 0.6 is 23.1 Å². The van der Waals surface area contributed by atoms with Crippen molar-refractivity contribution in [3.8, 4) is 5.75 Å². The number of aromatic nitrogens is 1. The number of hydrogen-bond donors (Lipinski definition) is 3. The maximum atomic E-state index is 13.5. The van der Waals surface area contributed by atoms with Gasteiger partial charge in [0.1, 0.15) is 11.4 Å². The fourth-order valence-corrected chi connectivity index (χ4v) is 6.32. The van der Waals surface area contributed by atoms with E-state index in [1.165, 1.54) is 53.4 Å². The maximum Gasteiger partial charge on any atom is 0.272 e. The SMILES string of the molecule is CCC(Sc1cccc(NC(=O)/C(=C\c2ccc([N+](=O)[O-])cc2)NC(=O)c2ccccc2)c1)C(=O)Nc1nc2ccc(OC)cc2s1. The first-order valence-electron chi connectivity index (χ1n) is 14.4. The summed E-state index contributed by atoms with van der Waals surface area (Å²) in [5.74, 6) is -0.593. The molecule has 5 aromatic rings. The summed E-state index contributed by atoms with van der Waals surface area (Å²) in [6, 6.07) is 26.6. The number of thioether (sulfide) groups is 1. The zero-order chi connectivity index (χ0) is 33.3. The Morgan fingerprint density at radius 2 is 1.74 bits per heavy atom. The summed E-state index contributed by atoms with van der Waals surface area (Å²) in [5.41, 5.74) is 1.86. The van der Waals surface area contributed by atoms with E-state index in [4.69, 9.17) is 4.74 Å². The molecule has 13 heteroatoms. The number of nitro groups is 1. The second-order valence-corrected chi connectivity index (χ2v) is 12.4. The monoisotopic (exact) mass is 667 g/mol. The van der Waals surface area contributed by atoms with Gasteiger partial charge < -0.3 is 20.7 Å². The average Bonchev–Trinajstić information content (AvgIpc) is 3.49. The van der Waals surface area contributed by atoms with Gasteiger partial charge in [-0.2, -0.15) is 0 Å². The molecule has 0 saturated heterocycles. The number of nitro benzene ring substituents is 1. The van der Waals surface area contributed by atoms with E-state index < -0.39 is 22.0 Å². The van der Waals surface area contributed by atoms with Gasteiger partial charge in [-0.15, -0.1) is 11.8 Å². The third-order valence-corrected chi connectivity index (χ3v) is 9.09. The van der Waals surface area contributed by atoms with Crippen LogP contribution < -0.4 is 20.7 Å². The number of benzene rings is 4. The molecule has 0 spiro atoms. The Kier molecular flexibility index (Phi) is 10.6. The first-order chi connectivity index (χ1) is 22.7. The maximum absolute atomic E-state index is 13.5. The van der Waals surface area contributed by atoms with Crippen molar-refractivity contribution in [2.24, 2.45) is 0 Å². The highest BCUT2D eigenvalue weighted by Gasteiger charge is 2.21.